The summed E-state index contributed by atoms with van der Waals surface area (Å²) in [5.74, 6) is 0.552. The van der Waals surface area contributed by atoms with Crippen molar-refractivity contribution >= 4 is 23.2 Å². The first-order chi connectivity index (χ1) is 9.22. The van der Waals surface area contributed by atoms with Gasteiger partial charge in [-0.1, -0.05) is 29.3 Å². The maximum atomic E-state index is 6.22. The van der Waals surface area contributed by atoms with E-state index in [0.29, 0.717) is 11.1 Å². The molecular formula is C14H15ClN4. The minimum atomic E-state index is 0.552. The molecule has 1 aliphatic heterocycles. The van der Waals surface area contributed by atoms with Gasteiger partial charge in [-0.15, -0.1) is 0 Å². The highest BCUT2D eigenvalue weighted by Gasteiger charge is 2.16. The zero-order chi connectivity index (χ0) is 13.2. The fourth-order valence-electron chi connectivity index (χ4n) is 2.14. The molecule has 2 N–H and O–H groups in total. The van der Waals surface area contributed by atoms with Crippen molar-refractivity contribution in [2.24, 2.45) is 0 Å². The second-order valence-corrected chi connectivity index (χ2v) is 5.04. The number of nitrogens with one attached hydrogen (secondary N) is 2. The summed E-state index contributed by atoms with van der Waals surface area (Å²) in [6, 6.07) is 8.10. The van der Waals surface area contributed by atoms with Gasteiger partial charge in [0.1, 0.15) is 5.15 Å². The molecule has 1 aliphatic rings. The van der Waals surface area contributed by atoms with E-state index in [1.54, 1.807) is 0 Å². The Balaban J connectivity index is 1.89. The molecule has 1 aromatic heterocycles. The normalized spacial score (nSPS) is 14.0. The first kappa shape index (κ1) is 12.4. The van der Waals surface area contributed by atoms with Gasteiger partial charge >= 0.3 is 0 Å². The maximum Gasteiger partial charge on any atom is 0.228 e. The second-order valence-electron chi connectivity index (χ2n) is 4.68. The summed E-state index contributed by atoms with van der Waals surface area (Å²) in [7, 11) is 0. The molecule has 0 saturated heterocycles. The van der Waals surface area contributed by atoms with E-state index >= 15 is 0 Å². The Kier molecular flexibility index (Phi) is 3.36. The van der Waals surface area contributed by atoms with Crippen LogP contribution in [0.3, 0.4) is 0 Å². The smallest absolute Gasteiger partial charge is 0.228 e. The molecule has 0 fully saturated rings. The third kappa shape index (κ3) is 2.69. The minimum absolute atomic E-state index is 0.552. The number of nitrogens with zero attached hydrogens (tertiary/aromatic N) is 2. The summed E-state index contributed by atoms with van der Waals surface area (Å²) in [6.07, 6.45) is 0.888. The first-order valence-corrected chi connectivity index (χ1v) is 6.70. The van der Waals surface area contributed by atoms with Crippen LogP contribution in [-0.4, -0.2) is 16.5 Å². The van der Waals surface area contributed by atoms with Crippen LogP contribution in [0.1, 0.15) is 16.8 Å². The molecule has 19 heavy (non-hydrogen) atoms. The van der Waals surface area contributed by atoms with E-state index in [4.69, 9.17) is 11.6 Å². The Morgan fingerprint density at radius 2 is 2.00 bits per heavy atom. The number of aromatic nitrogens is 2. The van der Waals surface area contributed by atoms with Crippen molar-refractivity contribution in [3.8, 4) is 0 Å². The molecule has 5 heteroatoms. The summed E-state index contributed by atoms with van der Waals surface area (Å²) in [5, 5.41) is 7.03. The highest BCUT2D eigenvalue weighted by molar-refractivity contribution is 6.30. The van der Waals surface area contributed by atoms with E-state index < -0.39 is 0 Å². The van der Waals surface area contributed by atoms with Crippen LogP contribution < -0.4 is 10.6 Å². The van der Waals surface area contributed by atoms with Crippen molar-refractivity contribution in [2.75, 3.05) is 11.9 Å². The van der Waals surface area contributed by atoms with Gasteiger partial charge in [0.15, 0.2) is 0 Å². The quantitative estimate of drug-likeness (QED) is 0.827. The molecule has 2 aromatic rings. The summed E-state index contributed by atoms with van der Waals surface area (Å²) in [6.45, 7) is 3.74. The van der Waals surface area contributed by atoms with E-state index in [2.05, 4.69) is 27.5 Å². The Morgan fingerprint density at radius 3 is 2.79 bits per heavy atom. The maximum absolute atomic E-state index is 6.22. The minimum Gasteiger partial charge on any atom is -0.324 e. The van der Waals surface area contributed by atoms with Crippen LogP contribution in [0.4, 0.5) is 11.6 Å². The predicted molar refractivity (Wildman–Crippen MR) is 76.9 cm³/mol. The van der Waals surface area contributed by atoms with Crippen molar-refractivity contribution < 1.29 is 0 Å². The molecule has 0 atom stereocenters. The first-order valence-electron chi connectivity index (χ1n) is 6.32. The van der Waals surface area contributed by atoms with E-state index in [0.717, 1.165) is 36.5 Å². The lowest BCUT2D eigenvalue weighted by Gasteiger charge is -2.18. The SMILES string of the molecule is Cc1ccc(Nc2nc(Cl)c3c(n2)CNCC3)cc1. The average Bonchev–Trinajstić information content (AvgIpc) is 2.42. The summed E-state index contributed by atoms with van der Waals surface area (Å²) in [5.41, 5.74) is 4.24. The van der Waals surface area contributed by atoms with E-state index in [-0.39, 0.29) is 0 Å². The number of hydrogen-bond donors (Lipinski definition) is 2. The van der Waals surface area contributed by atoms with Crippen LogP contribution >= 0.6 is 11.6 Å². The fourth-order valence-corrected chi connectivity index (χ4v) is 2.42. The van der Waals surface area contributed by atoms with E-state index in [1.807, 2.05) is 24.3 Å². The lowest BCUT2D eigenvalue weighted by atomic mass is 10.1. The predicted octanol–water partition coefficient (Wildman–Crippen LogP) is 2.83. The standard InChI is InChI=1S/C14H15ClN4/c1-9-2-4-10(5-3-9)17-14-18-12-8-16-7-6-11(12)13(15)19-14/h2-5,16H,6-8H2,1H3,(H,17,18,19). The van der Waals surface area contributed by atoms with E-state index in [1.165, 1.54) is 5.56 Å². The van der Waals surface area contributed by atoms with Crippen molar-refractivity contribution in [3.05, 3.63) is 46.2 Å². The van der Waals surface area contributed by atoms with Crippen molar-refractivity contribution in [1.29, 1.82) is 0 Å². The zero-order valence-electron chi connectivity index (χ0n) is 10.7. The third-order valence-corrected chi connectivity index (χ3v) is 3.51. The lowest BCUT2D eigenvalue weighted by molar-refractivity contribution is 0.624. The lowest BCUT2D eigenvalue weighted by Crippen LogP contribution is -2.25. The van der Waals surface area contributed by atoms with Gasteiger partial charge in [0.05, 0.1) is 5.69 Å². The van der Waals surface area contributed by atoms with Gasteiger partial charge < -0.3 is 10.6 Å². The molecule has 0 aliphatic carbocycles. The van der Waals surface area contributed by atoms with E-state index in [9.17, 15) is 0 Å². The Labute approximate surface area is 117 Å². The largest absolute Gasteiger partial charge is 0.324 e. The highest BCUT2D eigenvalue weighted by Crippen LogP contribution is 2.23. The Hall–Kier alpha value is -1.65. The van der Waals surface area contributed by atoms with Gasteiger partial charge in [-0.2, -0.15) is 0 Å². The monoisotopic (exact) mass is 274 g/mol. The molecule has 0 radical (unpaired) electrons. The average molecular weight is 275 g/mol. The number of anilines is 2. The van der Waals surface area contributed by atoms with Crippen molar-refractivity contribution in [1.82, 2.24) is 15.3 Å². The summed E-state index contributed by atoms with van der Waals surface area (Å²) in [4.78, 5) is 8.84. The molecule has 4 nitrogen and oxygen atoms in total. The molecular weight excluding hydrogens is 260 g/mol. The summed E-state index contributed by atoms with van der Waals surface area (Å²) >= 11 is 6.22. The van der Waals surface area contributed by atoms with Gasteiger partial charge in [0.2, 0.25) is 5.95 Å². The molecule has 3 rings (SSSR count). The van der Waals surface area contributed by atoms with Crippen LogP contribution in [0.15, 0.2) is 24.3 Å². The number of hydrogen-bond acceptors (Lipinski definition) is 4. The molecule has 2 heterocycles. The van der Waals surface area contributed by atoms with Crippen LogP contribution in [0, 0.1) is 6.92 Å². The highest BCUT2D eigenvalue weighted by atomic mass is 35.5. The second kappa shape index (κ2) is 5.15. The third-order valence-electron chi connectivity index (χ3n) is 3.19. The number of rotatable bonds is 2. The van der Waals surface area contributed by atoms with Crippen LogP contribution in [0.2, 0.25) is 5.15 Å². The fraction of sp³-hybridized carbons (Fsp3) is 0.286. The molecule has 0 saturated carbocycles. The van der Waals surface area contributed by atoms with Crippen LogP contribution in [-0.2, 0) is 13.0 Å². The van der Waals surface area contributed by atoms with Gasteiger partial charge in [-0.05, 0) is 32.0 Å². The summed E-state index contributed by atoms with van der Waals surface area (Å²) < 4.78 is 0. The van der Waals surface area contributed by atoms with Gasteiger partial charge in [0, 0.05) is 17.8 Å². The van der Waals surface area contributed by atoms with Gasteiger partial charge in [0.25, 0.3) is 0 Å². The van der Waals surface area contributed by atoms with Crippen LogP contribution in [0.5, 0.6) is 0 Å². The molecule has 98 valence electrons. The van der Waals surface area contributed by atoms with Gasteiger partial charge in [-0.3, -0.25) is 0 Å². The molecule has 0 unspecified atom stereocenters. The molecule has 1 aromatic carbocycles. The van der Waals surface area contributed by atoms with Gasteiger partial charge in [-0.25, -0.2) is 9.97 Å². The Bertz CT molecular complexity index is 595. The van der Waals surface area contributed by atoms with Crippen LogP contribution in [0.25, 0.3) is 0 Å². The topological polar surface area (TPSA) is 49.8 Å². The Morgan fingerprint density at radius 1 is 1.21 bits per heavy atom. The zero-order valence-corrected chi connectivity index (χ0v) is 11.5. The number of halogens is 1. The molecule has 0 bridgehead atoms. The van der Waals surface area contributed by atoms with Crippen molar-refractivity contribution in [2.45, 2.75) is 19.9 Å². The number of fused-ring (bicyclic) bond motifs is 1. The molecule has 0 spiro atoms. The number of aryl methyl sites for hydroxylation is 1. The number of benzene rings is 1. The van der Waals surface area contributed by atoms with Crippen molar-refractivity contribution in [3.63, 3.8) is 0 Å². The molecule has 0 amide bonds.